The molecule has 3 heterocycles. The molecule has 0 unspecified atom stereocenters. The summed E-state index contributed by atoms with van der Waals surface area (Å²) in [7, 11) is 1.59. The summed E-state index contributed by atoms with van der Waals surface area (Å²) in [5.41, 5.74) is 0.550. The second-order valence-corrected chi connectivity index (χ2v) is 7.46. The Morgan fingerprint density at radius 2 is 1.97 bits per heavy atom. The number of anilines is 1. The summed E-state index contributed by atoms with van der Waals surface area (Å²) in [6, 6.07) is 10.5. The second kappa shape index (κ2) is 7.36. The van der Waals surface area contributed by atoms with Gasteiger partial charge in [-0.3, -0.25) is 4.79 Å². The molecule has 2 fully saturated rings. The van der Waals surface area contributed by atoms with Gasteiger partial charge in [0.2, 0.25) is 0 Å². The number of aromatic nitrogens is 1. The lowest BCUT2D eigenvalue weighted by atomic mass is 9.74. The van der Waals surface area contributed by atoms with Crippen LogP contribution in [0, 0.1) is 11.3 Å². The van der Waals surface area contributed by atoms with E-state index in [9.17, 15) is 19.8 Å². The van der Waals surface area contributed by atoms with Crippen molar-refractivity contribution in [2.45, 2.75) is 6.42 Å². The molecule has 8 heteroatoms. The maximum absolute atomic E-state index is 12.1. The van der Waals surface area contributed by atoms with Gasteiger partial charge in [0.05, 0.1) is 24.8 Å². The van der Waals surface area contributed by atoms with Crippen molar-refractivity contribution in [1.29, 1.82) is 0 Å². The number of rotatable bonds is 5. The molecule has 1 aromatic carbocycles. The highest BCUT2D eigenvalue weighted by Gasteiger charge is 2.54. The van der Waals surface area contributed by atoms with Gasteiger partial charge in [0, 0.05) is 31.2 Å². The van der Waals surface area contributed by atoms with E-state index in [1.54, 1.807) is 18.1 Å². The van der Waals surface area contributed by atoms with E-state index in [0.29, 0.717) is 43.4 Å². The highest BCUT2D eigenvalue weighted by molar-refractivity contribution is 5.94. The third kappa shape index (κ3) is 3.29. The highest BCUT2D eigenvalue weighted by atomic mass is 16.5. The van der Waals surface area contributed by atoms with E-state index in [4.69, 9.17) is 9.47 Å². The number of ether oxygens (including phenoxy) is 2. The van der Waals surface area contributed by atoms with Crippen LogP contribution in [0.5, 0.6) is 5.75 Å². The van der Waals surface area contributed by atoms with Crippen molar-refractivity contribution in [2.24, 2.45) is 11.3 Å². The Bertz CT molecular complexity index is 945. The Hall–Kier alpha value is -3.13. The molecule has 2 aliphatic rings. The number of carboxylic acids is 2. The minimum atomic E-state index is -1.09. The molecule has 29 heavy (non-hydrogen) atoms. The Labute approximate surface area is 167 Å². The standard InChI is InChI=1S/C21H22N2O6/c1-28-15-4-2-13(3-5-15)17-7-6-16(19(24)25)18(22-17)23-10-14-11-29-9-8-21(14,12-23)20(26)27/h2-7,14H,8-12H2,1H3,(H,24,25)(H,26,27)/t14-,21+/m1/s1. The number of hydrogen-bond donors (Lipinski definition) is 2. The van der Waals surface area contributed by atoms with Crippen LogP contribution in [0.15, 0.2) is 36.4 Å². The Morgan fingerprint density at radius 3 is 2.59 bits per heavy atom. The van der Waals surface area contributed by atoms with Crippen LogP contribution in [-0.2, 0) is 9.53 Å². The minimum absolute atomic E-state index is 0.0577. The van der Waals surface area contributed by atoms with Crippen LogP contribution in [-0.4, -0.2) is 60.5 Å². The summed E-state index contributed by atoms with van der Waals surface area (Å²) < 4.78 is 10.7. The molecule has 152 valence electrons. The summed E-state index contributed by atoms with van der Waals surface area (Å²) in [6.07, 6.45) is 0.407. The fourth-order valence-electron chi connectivity index (χ4n) is 4.24. The van der Waals surface area contributed by atoms with Crippen LogP contribution in [0.1, 0.15) is 16.8 Å². The van der Waals surface area contributed by atoms with Gasteiger partial charge in [-0.15, -0.1) is 0 Å². The molecule has 1 aromatic heterocycles. The topological polar surface area (TPSA) is 109 Å². The maximum Gasteiger partial charge on any atom is 0.339 e. The number of fused-ring (bicyclic) bond motifs is 1. The first-order valence-corrected chi connectivity index (χ1v) is 9.39. The van der Waals surface area contributed by atoms with Crippen molar-refractivity contribution in [1.82, 2.24) is 4.98 Å². The van der Waals surface area contributed by atoms with Gasteiger partial charge in [-0.05, 0) is 42.8 Å². The van der Waals surface area contributed by atoms with Crippen LogP contribution >= 0.6 is 0 Å². The molecule has 0 amide bonds. The zero-order valence-electron chi connectivity index (χ0n) is 16.0. The molecule has 4 rings (SSSR count). The third-order valence-corrected chi connectivity index (χ3v) is 5.92. The van der Waals surface area contributed by atoms with Crippen molar-refractivity contribution in [3.63, 3.8) is 0 Å². The summed E-state index contributed by atoms with van der Waals surface area (Å²) in [5, 5.41) is 19.6. The lowest BCUT2D eigenvalue weighted by molar-refractivity contribution is -0.157. The average molecular weight is 398 g/mol. The van der Waals surface area contributed by atoms with Crippen LogP contribution in [0.3, 0.4) is 0 Å². The first kappa shape index (κ1) is 19.2. The summed E-state index contributed by atoms with van der Waals surface area (Å²) >= 11 is 0. The highest BCUT2D eigenvalue weighted by Crippen LogP contribution is 2.44. The number of benzene rings is 1. The summed E-state index contributed by atoms with van der Waals surface area (Å²) in [5.74, 6) is -1.16. The first-order valence-electron chi connectivity index (χ1n) is 9.39. The molecular weight excluding hydrogens is 376 g/mol. The normalized spacial score (nSPS) is 23.5. The Morgan fingerprint density at radius 1 is 1.21 bits per heavy atom. The van der Waals surface area contributed by atoms with E-state index in [0.717, 1.165) is 5.56 Å². The van der Waals surface area contributed by atoms with Gasteiger partial charge in [0.25, 0.3) is 0 Å². The molecule has 0 bridgehead atoms. The van der Waals surface area contributed by atoms with Crippen molar-refractivity contribution in [3.8, 4) is 17.0 Å². The lowest BCUT2D eigenvalue weighted by Gasteiger charge is -2.33. The lowest BCUT2D eigenvalue weighted by Crippen LogP contribution is -2.44. The molecule has 2 aromatic rings. The maximum atomic E-state index is 12.1. The SMILES string of the molecule is COc1ccc(-c2ccc(C(=O)O)c(N3C[C@@H]4COCC[C@]4(C(=O)O)C3)n2)cc1. The number of carboxylic acid groups (broad SMARTS) is 2. The smallest absolute Gasteiger partial charge is 0.339 e. The van der Waals surface area contributed by atoms with Crippen LogP contribution < -0.4 is 9.64 Å². The van der Waals surface area contributed by atoms with Crippen molar-refractivity contribution in [3.05, 3.63) is 42.0 Å². The number of aromatic carboxylic acids is 1. The Kier molecular flexibility index (Phi) is 4.87. The van der Waals surface area contributed by atoms with Gasteiger partial charge < -0.3 is 24.6 Å². The van der Waals surface area contributed by atoms with Crippen molar-refractivity contribution in [2.75, 3.05) is 38.3 Å². The predicted octanol–water partition coefficient (Wildman–Crippen LogP) is 2.38. The monoisotopic (exact) mass is 398 g/mol. The molecule has 2 aliphatic heterocycles. The van der Waals surface area contributed by atoms with Gasteiger partial charge in [-0.25, -0.2) is 9.78 Å². The molecule has 0 radical (unpaired) electrons. The predicted molar refractivity (Wildman–Crippen MR) is 104 cm³/mol. The van der Waals surface area contributed by atoms with Crippen LogP contribution in [0.4, 0.5) is 5.82 Å². The van der Waals surface area contributed by atoms with E-state index in [1.165, 1.54) is 6.07 Å². The fraction of sp³-hybridized carbons (Fsp3) is 0.381. The zero-order chi connectivity index (χ0) is 20.6. The van der Waals surface area contributed by atoms with E-state index >= 15 is 0 Å². The van der Waals surface area contributed by atoms with E-state index in [2.05, 4.69) is 4.98 Å². The molecule has 2 N–H and O–H groups in total. The summed E-state index contributed by atoms with van der Waals surface area (Å²) in [6.45, 7) is 1.35. The number of carbonyl (C=O) groups is 2. The fourth-order valence-corrected chi connectivity index (χ4v) is 4.24. The number of methoxy groups -OCH3 is 1. The zero-order valence-corrected chi connectivity index (χ0v) is 16.0. The van der Waals surface area contributed by atoms with E-state index < -0.39 is 17.4 Å². The third-order valence-electron chi connectivity index (χ3n) is 5.92. The molecular formula is C21H22N2O6. The van der Waals surface area contributed by atoms with Gasteiger partial charge >= 0.3 is 11.9 Å². The van der Waals surface area contributed by atoms with Crippen molar-refractivity contribution >= 4 is 17.8 Å². The number of pyridine rings is 1. The second-order valence-electron chi connectivity index (χ2n) is 7.46. The quantitative estimate of drug-likeness (QED) is 0.790. The van der Waals surface area contributed by atoms with E-state index in [1.807, 2.05) is 24.3 Å². The number of aliphatic carboxylic acids is 1. The van der Waals surface area contributed by atoms with Crippen LogP contribution in [0.2, 0.25) is 0 Å². The molecule has 2 saturated heterocycles. The first-order chi connectivity index (χ1) is 13.9. The summed E-state index contributed by atoms with van der Waals surface area (Å²) in [4.78, 5) is 30.3. The minimum Gasteiger partial charge on any atom is -0.497 e. The molecule has 8 nitrogen and oxygen atoms in total. The number of nitrogens with zero attached hydrogens (tertiary/aromatic N) is 2. The average Bonchev–Trinajstić information content (AvgIpc) is 3.14. The van der Waals surface area contributed by atoms with E-state index in [-0.39, 0.29) is 18.0 Å². The molecule has 2 atom stereocenters. The van der Waals surface area contributed by atoms with Gasteiger partial charge in [0.1, 0.15) is 17.1 Å². The van der Waals surface area contributed by atoms with Gasteiger partial charge in [0.15, 0.2) is 0 Å². The van der Waals surface area contributed by atoms with Crippen LogP contribution in [0.25, 0.3) is 11.3 Å². The Balaban J connectivity index is 1.73. The molecule has 0 saturated carbocycles. The van der Waals surface area contributed by atoms with Crippen molar-refractivity contribution < 1.29 is 29.3 Å². The molecule has 0 aliphatic carbocycles. The molecule has 0 spiro atoms. The van der Waals surface area contributed by atoms with Gasteiger partial charge in [-0.2, -0.15) is 0 Å². The van der Waals surface area contributed by atoms with Gasteiger partial charge in [-0.1, -0.05) is 0 Å². The number of hydrogen-bond acceptors (Lipinski definition) is 6. The largest absolute Gasteiger partial charge is 0.497 e.